The molecule has 5 heteroatoms. The highest BCUT2D eigenvalue weighted by Gasteiger charge is 2.29. The van der Waals surface area contributed by atoms with E-state index in [-0.39, 0.29) is 5.54 Å². The number of aromatic nitrogens is 2. The number of rotatable bonds is 6. The number of aryl methyl sites for hydroxylation is 1. The summed E-state index contributed by atoms with van der Waals surface area (Å²) in [6, 6.07) is 7.36. The van der Waals surface area contributed by atoms with E-state index in [4.69, 9.17) is 5.10 Å². The van der Waals surface area contributed by atoms with Gasteiger partial charge in [0.1, 0.15) is 5.82 Å². The van der Waals surface area contributed by atoms with Crippen molar-refractivity contribution in [1.29, 1.82) is 0 Å². The Morgan fingerprint density at radius 2 is 2.03 bits per heavy atom. The summed E-state index contributed by atoms with van der Waals surface area (Å²) < 4.78 is 2.20. The standard InChI is InChI=1S/C23H33N3S.C5H11N/c1-6-16-8-9-17(13-16)20-14-21(26(25-20)23(3,4)5)24-19-10-7-15(2)22-18(19)11-12-27-22;1-4-6-5(2)3/h7,10,14,16-17,24H,6,8-9,11-13H2,1-5H3;4-6H,1H2,2-3H3. The molecule has 1 aromatic heterocycles. The van der Waals surface area contributed by atoms with Gasteiger partial charge in [-0.1, -0.05) is 26.0 Å². The lowest BCUT2D eigenvalue weighted by Crippen LogP contribution is -2.25. The zero-order valence-corrected chi connectivity index (χ0v) is 22.6. The van der Waals surface area contributed by atoms with E-state index in [2.05, 4.69) is 88.6 Å². The average Bonchev–Trinajstić information content (AvgIpc) is 3.49. The van der Waals surface area contributed by atoms with Crippen LogP contribution in [0.25, 0.3) is 0 Å². The summed E-state index contributed by atoms with van der Waals surface area (Å²) in [5.41, 5.74) is 5.39. The predicted octanol–water partition coefficient (Wildman–Crippen LogP) is 7.76. The molecule has 2 unspecified atom stereocenters. The molecule has 33 heavy (non-hydrogen) atoms. The smallest absolute Gasteiger partial charge is 0.129 e. The van der Waals surface area contributed by atoms with Crippen LogP contribution in [0.1, 0.15) is 90.0 Å². The van der Waals surface area contributed by atoms with Crippen LogP contribution >= 0.6 is 11.8 Å². The molecule has 4 nitrogen and oxygen atoms in total. The van der Waals surface area contributed by atoms with Gasteiger partial charge < -0.3 is 10.6 Å². The minimum absolute atomic E-state index is 0.0357. The Balaban J connectivity index is 0.000000454. The first-order valence-electron chi connectivity index (χ1n) is 12.6. The van der Waals surface area contributed by atoms with Gasteiger partial charge >= 0.3 is 0 Å². The minimum atomic E-state index is -0.0357. The number of nitrogens with zero attached hydrogens (tertiary/aromatic N) is 2. The minimum Gasteiger partial charge on any atom is -0.389 e. The zero-order valence-electron chi connectivity index (χ0n) is 21.8. The van der Waals surface area contributed by atoms with E-state index >= 15 is 0 Å². The maximum absolute atomic E-state index is 5.09. The third-order valence-corrected chi connectivity index (χ3v) is 7.94. The molecule has 0 saturated heterocycles. The fourth-order valence-electron chi connectivity index (χ4n) is 4.85. The van der Waals surface area contributed by atoms with Crippen molar-refractivity contribution in [2.24, 2.45) is 5.92 Å². The summed E-state index contributed by atoms with van der Waals surface area (Å²) in [6.07, 6.45) is 8.10. The van der Waals surface area contributed by atoms with E-state index in [1.54, 1.807) is 6.20 Å². The number of benzene rings is 1. The molecular formula is C28H44N4S. The van der Waals surface area contributed by atoms with Gasteiger partial charge in [0.2, 0.25) is 0 Å². The molecule has 0 spiro atoms. The normalized spacial score (nSPS) is 19.8. The quantitative estimate of drug-likeness (QED) is 0.454. The van der Waals surface area contributed by atoms with Gasteiger partial charge in [0.15, 0.2) is 0 Å². The summed E-state index contributed by atoms with van der Waals surface area (Å²) in [5, 5.41) is 11.8. The number of hydrogen-bond acceptors (Lipinski definition) is 4. The Kier molecular flexibility index (Phi) is 8.60. The molecule has 182 valence electrons. The first-order chi connectivity index (χ1) is 15.6. The molecule has 0 radical (unpaired) electrons. The van der Waals surface area contributed by atoms with Crippen molar-refractivity contribution in [1.82, 2.24) is 15.1 Å². The number of fused-ring (bicyclic) bond motifs is 1. The van der Waals surface area contributed by atoms with Crippen LogP contribution in [0.2, 0.25) is 0 Å². The van der Waals surface area contributed by atoms with E-state index in [1.807, 2.05) is 11.8 Å². The summed E-state index contributed by atoms with van der Waals surface area (Å²) in [5.74, 6) is 3.83. The zero-order chi connectivity index (χ0) is 24.2. The monoisotopic (exact) mass is 468 g/mol. The molecule has 2 aliphatic rings. The van der Waals surface area contributed by atoms with Crippen molar-refractivity contribution in [3.8, 4) is 0 Å². The van der Waals surface area contributed by atoms with Gasteiger partial charge in [-0.25, -0.2) is 4.68 Å². The molecule has 1 aliphatic carbocycles. The summed E-state index contributed by atoms with van der Waals surface area (Å²) in [6.45, 7) is 18.9. The molecule has 2 aromatic rings. The van der Waals surface area contributed by atoms with Gasteiger partial charge in [-0.05, 0) is 96.5 Å². The second kappa shape index (κ2) is 11.0. The summed E-state index contributed by atoms with van der Waals surface area (Å²) in [7, 11) is 0. The fourth-order valence-corrected chi connectivity index (χ4v) is 6.05. The molecule has 0 amide bonds. The maximum Gasteiger partial charge on any atom is 0.129 e. The van der Waals surface area contributed by atoms with E-state index in [0.29, 0.717) is 12.0 Å². The Labute approximate surface area is 206 Å². The van der Waals surface area contributed by atoms with Crippen LogP contribution in [-0.2, 0) is 12.0 Å². The van der Waals surface area contributed by atoms with Crippen LogP contribution in [0.3, 0.4) is 0 Å². The second-order valence-corrected chi connectivity index (χ2v) is 11.9. The largest absolute Gasteiger partial charge is 0.389 e. The lowest BCUT2D eigenvalue weighted by atomic mass is 10.0. The Morgan fingerprint density at radius 1 is 1.27 bits per heavy atom. The van der Waals surface area contributed by atoms with Gasteiger partial charge in [-0.2, -0.15) is 5.10 Å². The van der Waals surface area contributed by atoms with Gasteiger partial charge in [-0.15, -0.1) is 11.8 Å². The molecule has 1 saturated carbocycles. The van der Waals surface area contributed by atoms with Crippen molar-refractivity contribution in [3.05, 3.63) is 47.8 Å². The third kappa shape index (κ3) is 6.38. The van der Waals surface area contributed by atoms with Gasteiger partial charge in [0.05, 0.1) is 11.2 Å². The highest BCUT2D eigenvalue weighted by Crippen LogP contribution is 2.42. The van der Waals surface area contributed by atoms with Crippen molar-refractivity contribution in [3.63, 3.8) is 0 Å². The van der Waals surface area contributed by atoms with E-state index in [1.165, 1.54) is 58.8 Å². The lowest BCUT2D eigenvalue weighted by molar-refractivity contribution is 0.356. The topological polar surface area (TPSA) is 41.9 Å². The van der Waals surface area contributed by atoms with Gasteiger partial charge in [0.25, 0.3) is 0 Å². The summed E-state index contributed by atoms with van der Waals surface area (Å²) in [4.78, 5) is 1.48. The van der Waals surface area contributed by atoms with Gasteiger partial charge in [-0.3, -0.25) is 0 Å². The molecule has 1 aliphatic heterocycles. The number of hydrogen-bond donors (Lipinski definition) is 2. The predicted molar refractivity (Wildman–Crippen MR) is 145 cm³/mol. The number of nitrogens with one attached hydrogen (secondary N) is 2. The van der Waals surface area contributed by atoms with E-state index < -0.39 is 0 Å². The van der Waals surface area contributed by atoms with Crippen molar-refractivity contribution >= 4 is 23.3 Å². The summed E-state index contributed by atoms with van der Waals surface area (Å²) >= 11 is 1.99. The van der Waals surface area contributed by atoms with Crippen LogP contribution < -0.4 is 10.6 Å². The molecule has 1 fully saturated rings. The molecule has 2 heterocycles. The van der Waals surface area contributed by atoms with Crippen molar-refractivity contribution in [2.45, 2.75) is 103 Å². The number of thioether (sulfide) groups is 1. The fraction of sp³-hybridized carbons (Fsp3) is 0.607. The van der Waals surface area contributed by atoms with Crippen LogP contribution in [0, 0.1) is 12.8 Å². The average molecular weight is 469 g/mol. The Morgan fingerprint density at radius 3 is 2.61 bits per heavy atom. The lowest BCUT2D eigenvalue weighted by Gasteiger charge is -2.23. The first kappa shape index (κ1) is 25.7. The maximum atomic E-state index is 5.09. The number of anilines is 2. The Bertz CT molecular complexity index is 938. The van der Waals surface area contributed by atoms with Crippen LogP contribution in [-0.4, -0.2) is 21.6 Å². The Hall–Kier alpha value is -1.88. The molecule has 2 atom stereocenters. The third-order valence-electron chi connectivity index (χ3n) is 6.67. The van der Waals surface area contributed by atoms with Crippen LogP contribution in [0.5, 0.6) is 0 Å². The van der Waals surface area contributed by atoms with Crippen molar-refractivity contribution in [2.75, 3.05) is 11.1 Å². The van der Waals surface area contributed by atoms with Crippen molar-refractivity contribution < 1.29 is 0 Å². The van der Waals surface area contributed by atoms with Crippen LogP contribution in [0.4, 0.5) is 11.5 Å². The first-order valence-corrected chi connectivity index (χ1v) is 13.6. The molecule has 2 N–H and O–H groups in total. The molecule has 4 rings (SSSR count). The molecule has 1 aromatic carbocycles. The highest BCUT2D eigenvalue weighted by molar-refractivity contribution is 7.99. The molecular weight excluding hydrogens is 424 g/mol. The highest BCUT2D eigenvalue weighted by atomic mass is 32.2. The molecule has 0 bridgehead atoms. The van der Waals surface area contributed by atoms with Crippen LogP contribution in [0.15, 0.2) is 35.9 Å². The SMILES string of the molecule is C=CNC(C)C.CCC1CCC(c2cc(Nc3ccc(C)c4c3CCS4)n(C(C)(C)C)n2)C1. The van der Waals surface area contributed by atoms with E-state index in [9.17, 15) is 0 Å². The van der Waals surface area contributed by atoms with E-state index in [0.717, 1.165) is 18.2 Å². The van der Waals surface area contributed by atoms with Gasteiger partial charge in [0, 0.05) is 34.4 Å². The second-order valence-electron chi connectivity index (χ2n) is 10.8.